The summed E-state index contributed by atoms with van der Waals surface area (Å²) in [5.74, 6) is 0.620. The van der Waals surface area contributed by atoms with Crippen molar-refractivity contribution in [2.45, 2.75) is 24.2 Å². The van der Waals surface area contributed by atoms with Crippen molar-refractivity contribution in [1.82, 2.24) is 9.62 Å². The molecule has 1 heterocycles. The van der Waals surface area contributed by atoms with E-state index in [0.717, 1.165) is 30.3 Å². The van der Waals surface area contributed by atoms with Gasteiger partial charge in [-0.25, -0.2) is 8.42 Å². The third-order valence-corrected chi connectivity index (χ3v) is 7.27. The lowest BCUT2D eigenvalue weighted by molar-refractivity contribution is 0.263. The minimum absolute atomic E-state index is 0.338. The Labute approximate surface area is 143 Å². The van der Waals surface area contributed by atoms with Crippen molar-refractivity contribution in [2.24, 2.45) is 5.92 Å². The third kappa shape index (κ3) is 4.28. The van der Waals surface area contributed by atoms with Crippen molar-refractivity contribution in [3.8, 4) is 0 Å². The molecule has 0 saturated carbocycles. The molecule has 1 aliphatic heterocycles. The van der Waals surface area contributed by atoms with Gasteiger partial charge in [0.1, 0.15) is 0 Å². The number of hydrogen-bond donors (Lipinski definition) is 1. The fourth-order valence-electron chi connectivity index (χ4n) is 2.60. The normalized spacial score (nSPS) is 18.0. The average molecular weight is 440 g/mol. The van der Waals surface area contributed by atoms with Gasteiger partial charge in [-0.05, 0) is 72.9 Å². The van der Waals surface area contributed by atoms with Gasteiger partial charge in [-0.2, -0.15) is 4.31 Å². The molecule has 1 aromatic carbocycles. The number of nitrogens with zero attached hydrogens (tertiary/aromatic N) is 1. The molecular formula is C14H20Br2N2O2S. The van der Waals surface area contributed by atoms with Crippen LogP contribution in [0.15, 0.2) is 32.0 Å². The number of nitrogens with one attached hydrogen (secondary N) is 1. The maximum Gasteiger partial charge on any atom is 0.244 e. The minimum Gasteiger partial charge on any atom is -0.320 e. The SMILES string of the molecule is CNCCC1CCN(S(=O)(=O)c2cc(Br)ccc2Br)CC1. The Morgan fingerprint density at radius 1 is 1.29 bits per heavy atom. The molecule has 7 heteroatoms. The van der Waals surface area contributed by atoms with Crippen molar-refractivity contribution < 1.29 is 8.42 Å². The highest BCUT2D eigenvalue weighted by atomic mass is 79.9. The molecule has 0 unspecified atom stereocenters. The molecule has 21 heavy (non-hydrogen) atoms. The van der Waals surface area contributed by atoms with Gasteiger partial charge in [-0.15, -0.1) is 0 Å². The molecule has 1 saturated heterocycles. The molecule has 0 bridgehead atoms. The molecule has 0 aliphatic carbocycles. The van der Waals surface area contributed by atoms with E-state index in [-0.39, 0.29) is 0 Å². The van der Waals surface area contributed by atoms with Crippen LogP contribution in [0, 0.1) is 5.92 Å². The zero-order chi connectivity index (χ0) is 15.5. The summed E-state index contributed by atoms with van der Waals surface area (Å²) in [7, 11) is -1.47. The summed E-state index contributed by atoms with van der Waals surface area (Å²) in [6.45, 7) is 2.21. The molecule has 1 fully saturated rings. The van der Waals surface area contributed by atoms with Crippen LogP contribution in [0.1, 0.15) is 19.3 Å². The first-order chi connectivity index (χ1) is 9.95. The van der Waals surface area contributed by atoms with E-state index in [0.29, 0.717) is 28.4 Å². The molecule has 0 atom stereocenters. The van der Waals surface area contributed by atoms with Crippen molar-refractivity contribution in [1.29, 1.82) is 0 Å². The first-order valence-electron chi connectivity index (χ1n) is 7.05. The zero-order valence-corrected chi connectivity index (χ0v) is 16.0. The molecule has 0 aromatic heterocycles. The van der Waals surface area contributed by atoms with Crippen molar-refractivity contribution in [3.05, 3.63) is 27.1 Å². The fourth-order valence-corrected chi connectivity index (χ4v) is 5.53. The van der Waals surface area contributed by atoms with Crippen LogP contribution in [0.25, 0.3) is 0 Å². The van der Waals surface area contributed by atoms with E-state index in [1.54, 1.807) is 16.4 Å². The summed E-state index contributed by atoms with van der Waals surface area (Å²) in [6.07, 6.45) is 2.99. The Kier molecular flexibility index (Phi) is 6.25. The number of sulfonamides is 1. The van der Waals surface area contributed by atoms with Crippen LogP contribution in [0.3, 0.4) is 0 Å². The van der Waals surface area contributed by atoms with E-state index in [1.165, 1.54) is 0 Å². The molecule has 0 amide bonds. The molecule has 0 spiro atoms. The van der Waals surface area contributed by atoms with Crippen LogP contribution < -0.4 is 5.32 Å². The largest absolute Gasteiger partial charge is 0.320 e. The van der Waals surface area contributed by atoms with Crippen molar-refractivity contribution in [3.63, 3.8) is 0 Å². The first kappa shape index (κ1) is 17.4. The number of halogens is 2. The average Bonchev–Trinajstić information content (AvgIpc) is 2.48. The Morgan fingerprint density at radius 3 is 2.57 bits per heavy atom. The summed E-state index contributed by atoms with van der Waals surface area (Å²) in [5.41, 5.74) is 0. The van der Waals surface area contributed by atoms with E-state index in [9.17, 15) is 8.42 Å². The standard InChI is InChI=1S/C14H20Br2N2O2S/c1-17-7-4-11-5-8-18(9-6-11)21(19,20)14-10-12(15)2-3-13(14)16/h2-3,10-11,17H,4-9H2,1H3. The van der Waals surface area contributed by atoms with Crippen LogP contribution in [-0.4, -0.2) is 39.4 Å². The smallest absolute Gasteiger partial charge is 0.244 e. The maximum atomic E-state index is 12.7. The summed E-state index contributed by atoms with van der Waals surface area (Å²) < 4.78 is 28.5. The molecule has 1 aromatic rings. The number of hydrogen-bond acceptors (Lipinski definition) is 3. The Bertz CT molecular complexity index is 585. The molecule has 4 nitrogen and oxygen atoms in total. The van der Waals surface area contributed by atoms with Crippen LogP contribution in [0.4, 0.5) is 0 Å². The summed E-state index contributed by atoms with van der Waals surface area (Å²) in [6, 6.07) is 5.25. The van der Waals surface area contributed by atoms with Gasteiger partial charge in [0.2, 0.25) is 10.0 Å². The molecular weight excluding hydrogens is 420 g/mol. The van der Waals surface area contributed by atoms with Crippen LogP contribution in [0.5, 0.6) is 0 Å². The number of rotatable bonds is 5. The lowest BCUT2D eigenvalue weighted by Gasteiger charge is -2.31. The third-order valence-electron chi connectivity index (χ3n) is 3.89. The van der Waals surface area contributed by atoms with Gasteiger partial charge in [0.05, 0.1) is 4.90 Å². The highest BCUT2D eigenvalue weighted by Gasteiger charge is 2.30. The van der Waals surface area contributed by atoms with Gasteiger partial charge in [0.15, 0.2) is 0 Å². The maximum absolute atomic E-state index is 12.7. The quantitative estimate of drug-likeness (QED) is 0.766. The lowest BCUT2D eigenvalue weighted by Crippen LogP contribution is -2.39. The molecule has 118 valence electrons. The van der Waals surface area contributed by atoms with Gasteiger partial charge < -0.3 is 5.32 Å². The second kappa shape index (κ2) is 7.55. The van der Waals surface area contributed by atoms with E-state index in [2.05, 4.69) is 37.2 Å². The van der Waals surface area contributed by atoms with E-state index >= 15 is 0 Å². The molecule has 1 N–H and O–H groups in total. The monoisotopic (exact) mass is 438 g/mol. The van der Waals surface area contributed by atoms with Crippen LogP contribution >= 0.6 is 31.9 Å². The Hall–Kier alpha value is 0.0500. The van der Waals surface area contributed by atoms with E-state index in [1.807, 2.05) is 13.1 Å². The van der Waals surface area contributed by atoms with Gasteiger partial charge in [0.25, 0.3) is 0 Å². The van der Waals surface area contributed by atoms with Gasteiger partial charge in [0, 0.05) is 22.0 Å². The summed E-state index contributed by atoms with van der Waals surface area (Å²) >= 11 is 6.68. The second-order valence-electron chi connectivity index (χ2n) is 5.31. The zero-order valence-electron chi connectivity index (χ0n) is 12.0. The van der Waals surface area contributed by atoms with Crippen molar-refractivity contribution >= 4 is 41.9 Å². The lowest BCUT2D eigenvalue weighted by atomic mass is 9.95. The molecule has 1 aliphatic rings. The number of benzene rings is 1. The number of piperidine rings is 1. The van der Waals surface area contributed by atoms with Gasteiger partial charge >= 0.3 is 0 Å². The first-order valence-corrected chi connectivity index (χ1v) is 10.1. The van der Waals surface area contributed by atoms with Gasteiger partial charge in [-0.3, -0.25) is 0 Å². The van der Waals surface area contributed by atoms with Crippen LogP contribution in [0.2, 0.25) is 0 Å². The van der Waals surface area contributed by atoms with Crippen molar-refractivity contribution in [2.75, 3.05) is 26.7 Å². The Balaban J connectivity index is 2.10. The van der Waals surface area contributed by atoms with E-state index < -0.39 is 10.0 Å². The van der Waals surface area contributed by atoms with Crippen LogP contribution in [-0.2, 0) is 10.0 Å². The molecule has 2 rings (SSSR count). The highest BCUT2D eigenvalue weighted by Crippen LogP contribution is 2.31. The fraction of sp³-hybridized carbons (Fsp3) is 0.571. The predicted octanol–water partition coefficient (Wildman–Crippen LogP) is 3.22. The topological polar surface area (TPSA) is 49.4 Å². The Morgan fingerprint density at radius 2 is 1.95 bits per heavy atom. The van der Waals surface area contributed by atoms with Gasteiger partial charge in [-0.1, -0.05) is 15.9 Å². The van der Waals surface area contributed by atoms with E-state index in [4.69, 9.17) is 0 Å². The molecule has 0 radical (unpaired) electrons. The minimum atomic E-state index is -3.42. The highest BCUT2D eigenvalue weighted by molar-refractivity contribution is 9.11. The summed E-state index contributed by atoms with van der Waals surface area (Å²) in [5, 5.41) is 3.15. The summed E-state index contributed by atoms with van der Waals surface area (Å²) in [4.78, 5) is 0.338. The second-order valence-corrected chi connectivity index (χ2v) is 8.99. The predicted molar refractivity (Wildman–Crippen MR) is 91.9 cm³/mol.